The Morgan fingerprint density at radius 3 is 2.36 bits per heavy atom. The van der Waals surface area contributed by atoms with Crippen molar-refractivity contribution in [3.8, 4) is 0 Å². The van der Waals surface area contributed by atoms with E-state index in [1.54, 1.807) is 5.32 Å². The molecule has 7 nitrogen and oxygen atoms in total. The van der Waals surface area contributed by atoms with Gasteiger partial charge in [0, 0.05) is 13.1 Å². The molecule has 0 radical (unpaired) electrons. The van der Waals surface area contributed by atoms with E-state index in [1.807, 2.05) is 0 Å². The second kappa shape index (κ2) is 7.32. The minimum Gasteiger partial charge on any atom is -0.345 e. The molecule has 1 fully saturated rings. The monoisotopic (exact) mass is 382 g/mol. The van der Waals surface area contributed by atoms with Gasteiger partial charge in [0.15, 0.2) is 0 Å². The number of hydrogen-bond donors (Lipinski definition) is 1. The maximum Gasteiger partial charge on any atom is 0.405 e. The molecule has 142 valence electrons. The van der Waals surface area contributed by atoms with Crippen LogP contribution >= 0.6 is 0 Å². The first kappa shape index (κ1) is 19.7. The van der Waals surface area contributed by atoms with Gasteiger partial charge in [-0.3, -0.25) is 9.48 Å². The summed E-state index contributed by atoms with van der Waals surface area (Å²) in [6, 6.07) is 0. The Morgan fingerprint density at radius 2 is 1.80 bits per heavy atom. The first-order chi connectivity index (χ1) is 11.5. The summed E-state index contributed by atoms with van der Waals surface area (Å²) < 4.78 is 64.6. The summed E-state index contributed by atoms with van der Waals surface area (Å²) in [4.78, 5) is 11.7. The van der Waals surface area contributed by atoms with Crippen LogP contribution in [-0.4, -0.2) is 54.2 Å². The van der Waals surface area contributed by atoms with Crippen LogP contribution < -0.4 is 5.32 Å². The van der Waals surface area contributed by atoms with E-state index < -0.39 is 35.2 Å². The van der Waals surface area contributed by atoms with Crippen molar-refractivity contribution in [2.75, 3.05) is 19.6 Å². The lowest BCUT2D eigenvalue weighted by atomic mass is 10.2. The summed E-state index contributed by atoms with van der Waals surface area (Å²) in [5, 5.41) is 5.77. The molecular weight excluding hydrogens is 361 g/mol. The number of piperidine rings is 1. The normalized spacial score (nSPS) is 16.8. The van der Waals surface area contributed by atoms with Gasteiger partial charge in [-0.15, -0.1) is 0 Å². The van der Waals surface area contributed by atoms with Gasteiger partial charge in [0.25, 0.3) is 0 Å². The summed E-state index contributed by atoms with van der Waals surface area (Å²) in [5.41, 5.74) is 0.469. The van der Waals surface area contributed by atoms with Crippen LogP contribution in [0, 0.1) is 13.8 Å². The molecule has 0 unspecified atom stereocenters. The van der Waals surface area contributed by atoms with E-state index in [2.05, 4.69) is 5.10 Å². The summed E-state index contributed by atoms with van der Waals surface area (Å²) in [7, 11) is -3.74. The molecule has 0 spiro atoms. The van der Waals surface area contributed by atoms with Crippen molar-refractivity contribution in [3.05, 3.63) is 11.4 Å². The van der Waals surface area contributed by atoms with Gasteiger partial charge in [-0.2, -0.15) is 22.6 Å². The second-order valence-corrected chi connectivity index (χ2v) is 7.89. The van der Waals surface area contributed by atoms with Crippen LogP contribution in [0.5, 0.6) is 0 Å². The molecule has 1 aliphatic heterocycles. The van der Waals surface area contributed by atoms with E-state index in [-0.39, 0.29) is 16.3 Å². The molecule has 0 aliphatic carbocycles. The van der Waals surface area contributed by atoms with Crippen LogP contribution in [0.2, 0.25) is 0 Å². The van der Waals surface area contributed by atoms with Crippen molar-refractivity contribution in [1.82, 2.24) is 19.4 Å². The molecule has 1 saturated heterocycles. The highest BCUT2D eigenvalue weighted by Gasteiger charge is 2.32. The lowest BCUT2D eigenvalue weighted by molar-refractivity contribution is -0.138. The molecule has 25 heavy (non-hydrogen) atoms. The molecule has 11 heteroatoms. The van der Waals surface area contributed by atoms with Gasteiger partial charge in [0.05, 0.1) is 11.4 Å². The van der Waals surface area contributed by atoms with Gasteiger partial charge in [-0.05, 0) is 26.7 Å². The summed E-state index contributed by atoms with van der Waals surface area (Å²) in [6.45, 7) is 1.95. The third kappa shape index (κ3) is 4.72. The average molecular weight is 382 g/mol. The average Bonchev–Trinajstić information content (AvgIpc) is 2.80. The Kier molecular flexibility index (Phi) is 5.77. The predicted molar refractivity (Wildman–Crippen MR) is 83.4 cm³/mol. The van der Waals surface area contributed by atoms with Crippen LogP contribution in [0.1, 0.15) is 30.7 Å². The number of carbonyl (C=O) groups is 1. The summed E-state index contributed by atoms with van der Waals surface area (Å²) in [6.07, 6.45) is -1.97. The van der Waals surface area contributed by atoms with E-state index in [0.717, 1.165) is 23.9 Å². The molecule has 2 heterocycles. The van der Waals surface area contributed by atoms with Gasteiger partial charge < -0.3 is 5.32 Å². The number of amides is 1. The van der Waals surface area contributed by atoms with Crippen LogP contribution in [-0.2, 0) is 21.4 Å². The smallest absolute Gasteiger partial charge is 0.345 e. The van der Waals surface area contributed by atoms with E-state index in [1.165, 1.54) is 18.2 Å². The van der Waals surface area contributed by atoms with Crippen molar-refractivity contribution in [2.24, 2.45) is 0 Å². The maximum absolute atomic E-state index is 12.8. The number of aryl methyl sites for hydroxylation is 1. The van der Waals surface area contributed by atoms with Crippen molar-refractivity contribution >= 4 is 15.9 Å². The standard InChI is InChI=1S/C14H21F3N4O3S/c1-10-13(25(23,24)20-6-4-3-5-7-20)11(2)21(19-10)8-12(22)18-9-14(15,16)17/h3-9H2,1-2H3,(H,18,22). The maximum atomic E-state index is 12.8. The molecule has 1 N–H and O–H groups in total. The zero-order valence-corrected chi connectivity index (χ0v) is 14.9. The van der Waals surface area contributed by atoms with E-state index >= 15 is 0 Å². The number of aromatic nitrogens is 2. The Labute approximate surface area is 144 Å². The number of alkyl halides is 3. The molecule has 0 bridgehead atoms. The lowest BCUT2D eigenvalue weighted by Crippen LogP contribution is -2.36. The number of hydrogen-bond acceptors (Lipinski definition) is 4. The molecule has 1 aliphatic rings. The van der Waals surface area contributed by atoms with E-state index in [9.17, 15) is 26.4 Å². The van der Waals surface area contributed by atoms with Crippen LogP contribution in [0.4, 0.5) is 13.2 Å². The zero-order valence-electron chi connectivity index (χ0n) is 14.1. The molecule has 0 atom stereocenters. The fraction of sp³-hybridized carbons (Fsp3) is 0.714. The minimum absolute atomic E-state index is 0.0259. The van der Waals surface area contributed by atoms with Gasteiger partial charge in [0.1, 0.15) is 18.0 Å². The zero-order chi connectivity index (χ0) is 18.8. The Bertz CT molecular complexity index is 737. The van der Waals surface area contributed by atoms with Crippen LogP contribution in [0.25, 0.3) is 0 Å². The van der Waals surface area contributed by atoms with Crippen LogP contribution in [0.15, 0.2) is 4.90 Å². The van der Waals surface area contributed by atoms with Crippen molar-refractivity contribution in [2.45, 2.75) is 50.7 Å². The Morgan fingerprint density at radius 1 is 1.20 bits per heavy atom. The molecule has 0 aromatic carbocycles. The SMILES string of the molecule is Cc1nn(CC(=O)NCC(F)(F)F)c(C)c1S(=O)(=O)N1CCCCC1. The Hall–Kier alpha value is -1.62. The van der Waals surface area contributed by atoms with Crippen LogP contribution in [0.3, 0.4) is 0 Å². The molecule has 2 rings (SSSR count). The van der Waals surface area contributed by atoms with E-state index in [4.69, 9.17) is 0 Å². The lowest BCUT2D eigenvalue weighted by Gasteiger charge is -2.25. The summed E-state index contributed by atoms with van der Waals surface area (Å²) in [5.74, 6) is -0.884. The number of nitrogens with zero attached hydrogens (tertiary/aromatic N) is 3. The molecule has 1 aromatic rings. The fourth-order valence-corrected chi connectivity index (χ4v) is 4.72. The topological polar surface area (TPSA) is 84.3 Å². The highest BCUT2D eigenvalue weighted by Crippen LogP contribution is 2.26. The number of halogens is 3. The Balaban J connectivity index is 2.19. The third-order valence-electron chi connectivity index (χ3n) is 4.01. The largest absolute Gasteiger partial charge is 0.405 e. The molecular formula is C14H21F3N4O3S. The number of nitrogens with one attached hydrogen (secondary N) is 1. The summed E-state index contributed by atoms with van der Waals surface area (Å²) >= 11 is 0. The second-order valence-electron chi connectivity index (χ2n) is 6.01. The predicted octanol–water partition coefficient (Wildman–Crippen LogP) is 1.35. The van der Waals surface area contributed by atoms with E-state index in [0.29, 0.717) is 13.1 Å². The van der Waals surface area contributed by atoms with Gasteiger partial charge in [-0.25, -0.2) is 8.42 Å². The van der Waals surface area contributed by atoms with Crippen molar-refractivity contribution in [3.63, 3.8) is 0 Å². The molecule has 1 amide bonds. The van der Waals surface area contributed by atoms with Gasteiger partial charge in [0.2, 0.25) is 15.9 Å². The number of carbonyl (C=O) groups excluding carboxylic acids is 1. The quantitative estimate of drug-likeness (QED) is 0.833. The molecule has 1 aromatic heterocycles. The van der Waals surface area contributed by atoms with Crippen molar-refractivity contribution in [1.29, 1.82) is 0 Å². The number of sulfonamides is 1. The first-order valence-electron chi connectivity index (χ1n) is 7.90. The molecule has 0 saturated carbocycles. The van der Waals surface area contributed by atoms with Gasteiger partial charge in [-0.1, -0.05) is 6.42 Å². The third-order valence-corrected chi connectivity index (χ3v) is 6.16. The van der Waals surface area contributed by atoms with Gasteiger partial charge >= 0.3 is 6.18 Å². The minimum atomic E-state index is -4.51. The highest BCUT2D eigenvalue weighted by atomic mass is 32.2. The number of rotatable bonds is 5. The fourth-order valence-electron chi connectivity index (χ4n) is 2.83. The van der Waals surface area contributed by atoms with Crippen molar-refractivity contribution < 1.29 is 26.4 Å². The highest BCUT2D eigenvalue weighted by molar-refractivity contribution is 7.89. The first-order valence-corrected chi connectivity index (χ1v) is 9.34.